The fourth-order valence-electron chi connectivity index (χ4n) is 2.81. The summed E-state index contributed by atoms with van der Waals surface area (Å²) in [5.41, 5.74) is 0. The second-order valence-electron chi connectivity index (χ2n) is 5.37. The van der Waals surface area contributed by atoms with E-state index in [4.69, 9.17) is 4.74 Å². The molecule has 0 unspecified atom stereocenters. The van der Waals surface area contributed by atoms with E-state index in [2.05, 4.69) is 32.5 Å². The first kappa shape index (κ1) is 14.8. The van der Waals surface area contributed by atoms with E-state index < -0.39 is 0 Å². The molecule has 0 aromatic carbocycles. The van der Waals surface area contributed by atoms with Gasteiger partial charge in [0, 0.05) is 13.1 Å². The van der Waals surface area contributed by atoms with Gasteiger partial charge >= 0.3 is 6.01 Å². The van der Waals surface area contributed by atoms with E-state index in [1.165, 1.54) is 38.5 Å². The molecule has 1 aliphatic carbocycles. The van der Waals surface area contributed by atoms with Gasteiger partial charge < -0.3 is 15.4 Å². The molecule has 1 fully saturated rings. The van der Waals surface area contributed by atoms with Crippen LogP contribution in [-0.2, 0) is 0 Å². The van der Waals surface area contributed by atoms with Gasteiger partial charge in [0.05, 0.1) is 7.11 Å². The van der Waals surface area contributed by atoms with Crippen molar-refractivity contribution in [2.75, 3.05) is 24.8 Å². The molecule has 0 bridgehead atoms. The van der Waals surface area contributed by atoms with Gasteiger partial charge in [-0.15, -0.1) is 0 Å². The third kappa shape index (κ3) is 3.95. The summed E-state index contributed by atoms with van der Waals surface area (Å²) in [5.74, 6) is 2.03. The average molecular weight is 279 g/mol. The lowest BCUT2D eigenvalue weighted by Crippen LogP contribution is -2.27. The largest absolute Gasteiger partial charge is 0.467 e. The summed E-state index contributed by atoms with van der Waals surface area (Å²) in [6.45, 7) is 2.26. The Balaban J connectivity index is 1.93. The van der Waals surface area contributed by atoms with Crippen molar-refractivity contribution in [1.29, 1.82) is 0 Å². The molecule has 1 heterocycles. The van der Waals surface area contributed by atoms with Gasteiger partial charge in [0.2, 0.25) is 11.9 Å². The highest BCUT2D eigenvalue weighted by Gasteiger charge is 2.21. The fourth-order valence-corrected chi connectivity index (χ4v) is 2.81. The number of nitrogens with zero attached hydrogens (tertiary/aromatic N) is 3. The van der Waals surface area contributed by atoms with E-state index in [0.29, 0.717) is 23.9 Å². The number of hydrogen-bond acceptors (Lipinski definition) is 6. The van der Waals surface area contributed by atoms with Crippen molar-refractivity contribution in [3.8, 4) is 6.01 Å². The van der Waals surface area contributed by atoms with Gasteiger partial charge in [-0.25, -0.2) is 0 Å². The van der Waals surface area contributed by atoms with Crippen molar-refractivity contribution in [1.82, 2.24) is 15.0 Å². The quantitative estimate of drug-likeness (QED) is 0.834. The van der Waals surface area contributed by atoms with Gasteiger partial charge in [-0.2, -0.15) is 15.0 Å². The number of ether oxygens (including phenoxy) is 1. The highest BCUT2D eigenvalue weighted by molar-refractivity contribution is 5.36. The lowest BCUT2D eigenvalue weighted by Gasteiger charge is -2.28. The predicted molar refractivity (Wildman–Crippen MR) is 80.2 cm³/mol. The summed E-state index contributed by atoms with van der Waals surface area (Å²) in [4.78, 5) is 12.7. The molecule has 1 saturated carbocycles. The van der Waals surface area contributed by atoms with E-state index in [1.54, 1.807) is 14.2 Å². The molecule has 6 heteroatoms. The van der Waals surface area contributed by atoms with Crippen LogP contribution in [0.15, 0.2) is 0 Å². The highest BCUT2D eigenvalue weighted by Crippen LogP contribution is 2.29. The van der Waals surface area contributed by atoms with E-state index >= 15 is 0 Å². The molecule has 2 rings (SSSR count). The minimum Gasteiger partial charge on any atom is -0.467 e. The van der Waals surface area contributed by atoms with Crippen LogP contribution in [0, 0.1) is 5.92 Å². The van der Waals surface area contributed by atoms with Gasteiger partial charge in [0.15, 0.2) is 0 Å². The van der Waals surface area contributed by atoms with Crippen LogP contribution in [0.1, 0.15) is 45.4 Å². The maximum atomic E-state index is 5.09. The van der Waals surface area contributed by atoms with Gasteiger partial charge in [-0.05, 0) is 31.6 Å². The van der Waals surface area contributed by atoms with Crippen LogP contribution in [-0.4, -0.2) is 35.2 Å². The molecule has 2 N–H and O–H groups in total. The zero-order valence-electron chi connectivity index (χ0n) is 12.6. The van der Waals surface area contributed by atoms with Gasteiger partial charge in [-0.1, -0.05) is 19.8 Å². The summed E-state index contributed by atoms with van der Waals surface area (Å²) < 4.78 is 5.09. The molecule has 6 nitrogen and oxygen atoms in total. The van der Waals surface area contributed by atoms with Crippen LogP contribution in [0.4, 0.5) is 11.9 Å². The van der Waals surface area contributed by atoms with Gasteiger partial charge in [-0.3, -0.25) is 0 Å². The average Bonchev–Trinajstić information content (AvgIpc) is 2.49. The van der Waals surface area contributed by atoms with E-state index in [-0.39, 0.29) is 0 Å². The molecule has 1 aliphatic rings. The summed E-state index contributed by atoms with van der Waals surface area (Å²) in [7, 11) is 3.35. The lowest BCUT2D eigenvalue weighted by atomic mass is 9.83. The van der Waals surface area contributed by atoms with Crippen LogP contribution in [0.2, 0.25) is 0 Å². The number of hydrogen-bond donors (Lipinski definition) is 2. The van der Waals surface area contributed by atoms with Crippen molar-refractivity contribution in [3.63, 3.8) is 0 Å². The van der Waals surface area contributed by atoms with Gasteiger partial charge in [0.1, 0.15) is 0 Å². The molecular formula is C14H25N5O. The smallest absolute Gasteiger partial charge is 0.322 e. The van der Waals surface area contributed by atoms with Gasteiger partial charge in [0.25, 0.3) is 0 Å². The molecule has 0 saturated heterocycles. The SMILES string of the molecule is CCCC1CCC(Nc2nc(NC)nc(OC)n2)CC1. The molecule has 1 aromatic heterocycles. The molecule has 112 valence electrons. The fraction of sp³-hybridized carbons (Fsp3) is 0.786. The minimum atomic E-state index is 0.339. The maximum absolute atomic E-state index is 5.09. The van der Waals surface area contributed by atoms with Crippen LogP contribution < -0.4 is 15.4 Å². The predicted octanol–water partition coefficient (Wildman–Crippen LogP) is 2.69. The summed E-state index contributed by atoms with van der Waals surface area (Å²) >= 11 is 0. The Morgan fingerprint density at radius 1 is 1.10 bits per heavy atom. The standard InChI is InChI=1S/C14H25N5O/c1-4-5-10-6-8-11(9-7-10)16-13-17-12(15-2)18-14(19-13)20-3/h10-11H,4-9H2,1-3H3,(H2,15,16,17,18,19). The molecule has 20 heavy (non-hydrogen) atoms. The van der Waals surface area contributed by atoms with E-state index in [0.717, 1.165) is 5.92 Å². The highest BCUT2D eigenvalue weighted by atomic mass is 16.5. The number of rotatable bonds is 6. The Kier molecular flexibility index (Phi) is 5.38. The first-order chi connectivity index (χ1) is 9.75. The number of nitrogens with one attached hydrogen (secondary N) is 2. The second-order valence-corrected chi connectivity index (χ2v) is 5.37. The Morgan fingerprint density at radius 2 is 1.80 bits per heavy atom. The molecule has 0 atom stereocenters. The Labute approximate surface area is 120 Å². The first-order valence-electron chi connectivity index (χ1n) is 7.49. The van der Waals surface area contributed by atoms with Crippen LogP contribution >= 0.6 is 0 Å². The number of anilines is 2. The van der Waals surface area contributed by atoms with Crippen molar-refractivity contribution in [2.45, 2.75) is 51.5 Å². The Bertz CT molecular complexity index is 396. The van der Waals surface area contributed by atoms with Crippen LogP contribution in [0.25, 0.3) is 0 Å². The van der Waals surface area contributed by atoms with Crippen molar-refractivity contribution in [3.05, 3.63) is 0 Å². The number of aromatic nitrogens is 3. The van der Waals surface area contributed by atoms with Crippen molar-refractivity contribution >= 4 is 11.9 Å². The summed E-state index contributed by atoms with van der Waals surface area (Å²) in [6, 6.07) is 0.798. The Morgan fingerprint density at radius 3 is 2.40 bits per heavy atom. The third-order valence-corrected chi connectivity index (χ3v) is 3.90. The Hall–Kier alpha value is -1.59. The number of methoxy groups -OCH3 is 1. The van der Waals surface area contributed by atoms with Crippen molar-refractivity contribution < 1.29 is 4.74 Å². The molecule has 1 aromatic rings. The third-order valence-electron chi connectivity index (χ3n) is 3.90. The molecule has 0 radical (unpaired) electrons. The lowest BCUT2D eigenvalue weighted by molar-refractivity contribution is 0.318. The van der Waals surface area contributed by atoms with Crippen molar-refractivity contribution in [2.24, 2.45) is 5.92 Å². The molecular weight excluding hydrogens is 254 g/mol. The maximum Gasteiger partial charge on any atom is 0.322 e. The topological polar surface area (TPSA) is 72.0 Å². The molecule has 0 spiro atoms. The first-order valence-corrected chi connectivity index (χ1v) is 7.49. The monoisotopic (exact) mass is 279 g/mol. The van der Waals surface area contributed by atoms with E-state index in [9.17, 15) is 0 Å². The van der Waals surface area contributed by atoms with Crippen LogP contribution in [0.3, 0.4) is 0 Å². The summed E-state index contributed by atoms with van der Waals surface area (Å²) in [6.07, 6.45) is 7.62. The zero-order chi connectivity index (χ0) is 14.4. The zero-order valence-corrected chi connectivity index (χ0v) is 12.6. The normalized spacial score (nSPS) is 22.4. The van der Waals surface area contributed by atoms with E-state index in [1.807, 2.05) is 0 Å². The molecule has 0 aliphatic heterocycles. The molecule has 0 amide bonds. The second kappa shape index (κ2) is 7.26. The van der Waals surface area contributed by atoms with Crippen LogP contribution in [0.5, 0.6) is 6.01 Å². The minimum absolute atomic E-state index is 0.339. The summed E-state index contributed by atoms with van der Waals surface area (Å²) in [5, 5.41) is 6.33.